The van der Waals surface area contributed by atoms with E-state index in [1.165, 1.54) is 16.6 Å². The number of aromatic hydroxyl groups is 2. The highest BCUT2D eigenvalue weighted by molar-refractivity contribution is 6.38. The first-order valence-electron chi connectivity index (χ1n) is 39.2. The van der Waals surface area contributed by atoms with E-state index in [1.807, 2.05) is 128 Å². The number of piperazine rings is 1. The van der Waals surface area contributed by atoms with Gasteiger partial charge in [0.05, 0.1) is 48.9 Å². The minimum atomic E-state index is -1.14. The van der Waals surface area contributed by atoms with Gasteiger partial charge in [-0.15, -0.1) is 6.58 Å². The molecule has 15 aromatic rings. The Morgan fingerprint density at radius 2 is 1.23 bits per heavy atom. The SMILES string of the molecule is C=CCn1c(=O)c2cnc(Nc3ccc(N4CCN(C)CC4)cc3)nc2n1-c1cccc(C(C)(C)O)n1.CCCCn1c2ccc(O)cc2c2c3c(c(-c4ccccc4Cl)cc21)C(=O)CC3=O.Cc1ccc2[nH]c3c(c2c1)C1C(=O)CC(=O)C1C(c1ccccc1Cl)=C3.O.O=C1CC(=O)c2c1c(-c1ccccc1)cc1[nH]c3ccc(O)cc3c21. The fourth-order valence-electron chi connectivity index (χ4n) is 17.2. The summed E-state index contributed by atoms with van der Waals surface area (Å²) in [5, 5.41) is 39.3. The fourth-order valence-corrected chi connectivity index (χ4v) is 17.7. The Kier molecular flexibility index (Phi) is 21.4. The summed E-state index contributed by atoms with van der Waals surface area (Å²) in [6, 6.07) is 58.3. The highest BCUT2D eigenvalue weighted by Gasteiger charge is 2.49. The predicted octanol–water partition coefficient (Wildman–Crippen LogP) is 17.8. The van der Waals surface area contributed by atoms with Crippen LogP contribution in [-0.2, 0) is 28.3 Å². The number of carbonyl (C=O) groups is 6. The van der Waals surface area contributed by atoms with Crippen molar-refractivity contribution in [1.29, 1.82) is 0 Å². The smallest absolute Gasteiger partial charge is 0.278 e. The van der Waals surface area contributed by atoms with Crippen molar-refractivity contribution in [2.45, 2.75) is 84.4 Å². The third-order valence-corrected chi connectivity index (χ3v) is 23.5. The zero-order valence-corrected chi connectivity index (χ0v) is 67.3. The second-order valence-electron chi connectivity index (χ2n) is 31.1. The number of aryl methyl sites for hydroxylation is 2. The van der Waals surface area contributed by atoms with Gasteiger partial charge in [-0.3, -0.25) is 33.6 Å². The molecular weight excluding hydrogens is 1540 g/mol. The molecule has 1 saturated heterocycles. The normalized spacial score (nSPS) is 15.6. The van der Waals surface area contributed by atoms with Gasteiger partial charge in [-0.05, 0) is 183 Å². The second kappa shape index (κ2) is 32.0. The molecule has 0 spiro atoms. The lowest BCUT2D eigenvalue weighted by Gasteiger charge is -2.34. The van der Waals surface area contributed by atoms with Crippen LogP contribution in [0.3, 0.4) is 0 Å². The summed E-state index contributed by atoms with van der Waals surface area (Å²) in [7, 11) is 2.15. The van der Waals surface area contributed by atoms with Crippen LogP contribution in [0.4, 0.5) is 17.3 Å². The lowest BCUT2D eigenvalue weighted by molar-refractivity contribution is -0.122. The van der Waals surface area contributed by atoms with Crippen LogP contribution in [0.25, 0.3) is 105 Å². The molecule has 119 heavy (non-hydrogen) atoms. The Labute approximate surface area is 692 Å². The van der Waals surface area contributed by atoms with Crippen LogP contribution >= 0.6 is 23.2 Å². The number of unbranched alkanes of at least 4 members (excludes halogenated alkanes) is 1. The van der Waals surface area contributed by atoms with Crippen LogP contribution in [0.1, 0.15) is 128 Å². The number of nitrogens with zero attached hydrogens (tertiary/aromatic N) is 8. The first-order valence-corrected chi connectivity index (χ1v) is 40.0. The number of aromatic nitrogens is 8. The number of anilines is 3. The van der Waals surface area contributed by atoms with Gasteiger partial charge in [-0.25, -0.2) is 19.3 Å². The van der Waals surface area contributed by atoms with Gasteiger partial charge in [0.15, 0.2) is 34.6 Å². The number of fused-ring (bicyclic) bond motifs is 16. The van der Waals surface area contributed by atoms with E-state index in [0.29, 0.717) is 66.4 Å². The van der Waals surface area contributed by atoms with Gasteiger partial charge < -0.3 is 50.4 Å². The number of aromatic amines is 2. The lowest BCUT2D eigenvalue weighted by atomic mass is 9.75. The molecule has 2 atom stereocenters. The van der Waals surface area contributed by atoms with E-state index in [-0.39, 0.29) is 83.0 Å². The molecule has 22 nitrogen and oxygen atoms in total. The zero-order valence-electron chi connectivity index (χ0n) is 65.8. The Morgan fingerprint density at radius 1 is 0.597 bits per heavy atom. The van der Waals surface area contributed by atoms with Gasteiger partial charge in [-0.1, -0.05) is 127 Å². The number of Topliss-reactive ketones (excluding diaryl/α,β-unsaturated/α-hetero) is 6. The third kappa shape index (κ3) is 14.6. The minimum absolute atomic E-state index is 0. The number of ketones is 6. The highest BCUT2D eigenvalue weighted by Crippen LogP contribution is 2.52. The Hall–Kier alpha value is -13.2. The molecule has 0 amide bonds. The molecule has 24 heteroatoms. The van der Waals surface area contributed by atoms with Crippen molar-refractivity contribution in [3.63, 3.8) is 0 Å². The monoisotopic (exact) mass is 1620 g/mol. The molecule has 1 saturated carbocycles. The molecule has 1 aliphatic heterocycles. The predicted molar refractivity (Wildman–Crippen MR) is 469 cm³/mol. The van der Waals surface area contributed by atoms with Crippen LogP contribution in [0.5, 0.6) is 11.5 Å². The summed E-state index contributed by atoms with van der Waals surface area (Å²) in [5.74, 6) is -0.448. The maximum absolute atomic E-state index is 13.2. The van der Waals surface area contributed by atoms with E-state index < -0.39 is 17.4 Å². The van der Waals surface area contributed by atoms with E-state index >= 15 is 0 Å². The van der Waals surface area contributed by atoms with Crippen molar-refractivity contribution >= 4 is 152 Å². The topological polar surface area (TPSA) is 315 Å². The van der Waals surface area contributed by atoms with E-state index in [1.54, 1.807) is 79.2 Å². The van der Waals surface area contributed by atoms with Crippen molar-refractivity contribution in [1.82, 2.24) is 43.8 Å². The Morgan fingerprint density at radius 3 is 1.92 bits per heavy atom. The van der Waals surface area contributed by atoms with Gasteiger partial charge >= 0.3 is 0 Å². The molecule has 9 aromatic carbocycles. The van der Waals surface area contributed by atoms with Crippen LogP contribution in [-0.4, -0.2) is 132 Å². The van der Waals surface area contributed by atoms with Crippen LogP contribution in [0.2, 0.25) is 10.0 Å². The standard InChI is InChI=1S/C27H32N8O2.C25H20ClNO3.C22H16ClNO2.C21H13NO3.H2O/c1-5-13-34-25(36)21-18-28-26(29-19-9-11-20(12-10-19)33-16-14-32(4)15-17-33)31-24(21)35(34)23-8-6-7-22(30-23)27(2,3)37;1-2-3-10-27-19-9-8-14(28)11-17(19)23-20(27)12-16(15-6-4-5-7-18(15)26)24-21(29)13-22(30)25(23)24;1-11-6-7-16-14(8-11)20-17(24-16)9-13(12-4-2-3-5-15(12)23)21-18(25)10-19(26)22(20)21;23-12-6-7-15-14(8-12)19-16(22-15)9-13(11-4-2-1-3-5-11)20-17(24)10-18(25)21(19)20;/h5-12,18,37H,1,13-17H2,2-4H3,(H,28,29,31);4-9,11-12,28H,2-3,10,13H2,1H3;2-9,21-22,24H,10H2,1H3;1-9,22-23H,10H2;1H2. The molecule has 7 heterocycles. The third-order valence-electron chi connectivity index (χ3n) is 22.8. The molecular formula is C95H83Cl2N11O11. The molecule has 0 radical (unpaired) electrons. The molecule has 20 rings (SSSR count). The number of benzene rings is 9. The van der Waals surface area contributed by atoms with E-state index in [9.17, 15) is 48.9 Å². The summed E-state index contributed by atoms with van der Waals surface area (Å²) in [4.78, 5) is 115. The molecule has 2 unspecified atom stereocenters. The van der Waals surface area contributed by atoms with Crippen molar-refractivity contribution in [3.8, 4) is 39.6 Å². The fraction of sp³-hybridized carbons (Fsp3) is 0.200. The number of pyridine rings is 1. The van der Waals surface area contributed by atoms with E-state index in [0.717, 1.165) is 150 Å². The van der Waals surface area contributed by atoms with Crippen molar-refractivity contribution in [2.24, 2.45) is 5.92 Å². The molecule has 4 aliphatic carbocycles. The first-order chi connectivity index (χ1) is 56.9. The van der Waals surface area contributed by atoms with E-state index in [4.69, 9.17) is 28.2 Å². The molecule has 8 N–H and O–H groups in total. The number of rotatable bonds is 13. The maximum atomic E-state index is 13.2. The number of H-pyrrole nitrogens is 2. The summed E-state index contributed by atoms with van der Waals surface area (Å²) in [6.07, 6.45) is 6.95. The van der Waals surface area contributed by atoms with Crippen LogP contribution in [0, 0.1) is 12.8 Å². The summed E-state index contributed by atoms with van der Waals surface area (Å²) in [6.45, 7) is 16.5. The Bertz CT molecular complexity index is 6820. The minimum Gasteiger partial charge on any atom is -0.508 e. The zero-order chi connectivity index (χ0) is 82.3. The molecule has 2 fully saturated rings. The number of phenols is 2. The molecule has 598 valence electrons. The van der Waals surface area contributed by atoms with Crippen molar-refractivity contribution in [2.75, 3.05) is 43.4 Å². The van der Waals surface area contributed by atoms with Gasteiger partial charge in [0.1, 0.15) is 34.1 Å². The lowest BCUT2D eigenvalue weighted by Crippen LogP contribution is -2.44. The maximum Gasteiger partial charge on any atom is 0.278 e. The number of likely N-dealkylation sites (N-methyl/N-ethyl adjacent to an activating group) is 1. The van der Waals surface area contributed by atoms with E-state index in [2.05, 4.69) is 78.4 Å². The Balaban J connectivity index is 0.000000119. The average Bonchev–Trinajstić information content (AvgIpc) is 1.56. The number of aliphatic hydroxyl groups is 1. The second-order valence-corrected chi connectivity index (χ2v) is 31.9. The largest absolute Gasteiger partial charge is 0.508 e. The average molecular weight is 1630 g/mol. The highest BCUT2D eigenvalue weighted by atomic mass is 35.5. The van der Waals surface area contributed by atoms with Gasteiger partial charge in [0.2, 0.25) is 5.95 Å². The van der Waals surface area contributed by atoms with Gasteiger partial charge in [-0.2, -0.15) is 4.98 Å². The number of halogens is 2. The number of hydrogen-bond donors (Lipinski definition) is 6. The van der Waals surface area contributed by atoms with Crippen LogP contribution in [0.15, 0.2) is 212 Å². The summed E-state index contributed by atoms with van der Waals surface area (Å²) >= 11 is 12.9. The quantitative estimate of drug-likeness (QED) is 0.0461. The first kappa shape index (κ1) is 79.6. The number of carbonyl (C=O) groups excluding carboxylic acids is 6. The summed E-state index contributed by atoms with van der Waals surface area (Å²) < 4.78 is 5.35. The molecule has 6 aromatic heterocycles. The van der Waals surface area contributed by atoms with Crippen molar-refractivity contribution in [3.05, 3.63) is 278 Å². The van der Waals surface area contributed by atoms with Crippen LogP contribution < -0.4 is 15.8 Å². The van der Waals surface area contributed by atoms with Gasteiger partial charge in [0, 0.05) is 143 Å². The number of hydrogen-bond acceptors (Lipinski definition) is 16. The van der Waals surface area contributed by atoms with Gasteiger partial charge in [0.25, 0.3) is 5.56 Å². The molecule has 0 bridgehead atoms. The number of nitrogens with one attached hydrogen (secondary N) is 3. The number of allylic oxidation sites excluding steroid dienone is 2. The van der Waals surface area contributed by atoms with Crippen molar-refractivity contribution < 1.29 is 49.6 Å². The summed E-state index contributed by atoms with van der Waals surface area (Å²) in [5.41, 5.74) is 15.6. The molecule has 5 aliphatic rings. The number of phenolic OH excluding ortho intramolecular Hbond substituents is 2.